The van der Waals surface area contributed by atoms with E-state index in [1.165, 1.54) is 0 Å². The molecule has 5 heteroatoms. The van der Waals surface area contributed by atoms with Gasteiger partial charge in [0.25, 0.3) is 0 Å². The van der Waals surface area contributed by atoms with Gasteiger partial charge >= 0.3 is 6.08 Å². The molecule has 0 aliphatic rings. The first-order chi connectivity index (χ1) is 15.4. The fourth-order valence-corrected chi connectivity index (χ4v) is 3.27. The lowest BCUT2D eigenvalue weighted by Crippen LogP contribution is -2.22. The van der Waals surface area contributed by atoms with Crippen molar-refractivity contribution in [1.82, 2.24) is 0 Å². The highest BCUT2D eigenvalue weighted by atomic mass is 19.3. The molecule has 0 aromatic heterocycles. The second-order valence-corrected chi connectivity index (χ2v) is 9.71. The molecule has 0 amide bonds. The second kappa shape index (κ2) is 9.65. The van der Waals surface area contributed by atoms with Gasteiger partial charge in [-0.1, -0.05) is 36.4 Å². The van der Waals surface area contributed by atoms with E-state index >= 15 is 0 Å². The maximum absolute atomic E-state index is 12.8. The van der Waals surface area contributed by atoms with E-state index in [-0.39, 0.29) is 11.2 Å². The van der Waals surface area contributed by atoms with Gasteiger partial charge in [-0.3, -0.25) is 0 Å². The van der Waals surface area contributed by atoms with Crippen molar-refractivity contribution in [3.05, 3.63) is 79.1 Å². The second-order valence-electron chi connectivity index (χ2n) is 9.71. The van der Waals surface area contributed by atoms with Crippen molar-refractivity contribution in [2.24, 2.45) is 0 Å². The number of hydrogen-bond acceptors (Lipinski definition) is 3. The highest BCUT2D eigenvalue weighted by molar-refractivity contribution is 5.77. The Kier molecular flexibility index (Phi) is 7.11. The zero-order valence-corrected chi connectivity index (χ0v) is 19.9. The van der Waals surface area contributed by atoms with E-state index in [0.29, 0.717) is 17.6 Å². The van der Waals surface area contributed by atoms with Crippen molar-refractivity contribution in [2.75, 3.05) is 0 Å². The molecule has 0 unspecified atom stereocenters. The summed E-state index contributed by atoms with van der Waals surface area (Å²) in [6.45, 7) is 11.9. The van der Waals surface area contributed by atoms with Crippen LogP contribution in [0.4, 0.5) is 8.78 Å². The number of ether oxygens (including phenoxy) is 3. The summed E-state index contributed by atoms with van der Waals surface area (Å²) in [5.74, 6) is 1.83. The third-order valence-corrected chi connectivity index (χ3v) is 4.46. The number of benzene rings is 3. The highest BCUT2D eigenvalue weighted by Gasteiger charge is 2.14. The molecule has 0 bridgehead atoms. The molecule has 33 heavy (non-hydrogen) atoms. The zero-order valence-electron chi connectivity index (χ0n) is 19.9. The van der Waals surface area contributed by atoms with Crippen LogP contribution in [0, 0.1) is 0 Å². The summed E-state index contributed by atoms with van der Waals surface area (Å²) in [5, 5.41) is 0. The van der Waals surface area contributed by atoms with Gasteiger partial charge in [-0.15, -0.1) is 0 Å². The maximum Gasteiger partial charge on any atom is 0.305 e. The SMILES string of the molecule is CC(C)(C)Oc1ccc(-c2ccc(-c3ccc(OC(C)(C)C)cc3)c(OC=C(F)F)c2)cc1. The van der Waals surface area contributed by atoms with E-state index in [9.17, 15) is 8.78 Å². The number of rotatable bonds is 6. The summed E-state index contributed by atoms with van der Waals surface area (Å²) in [6.07, 6.45) is -1.44. The molecule has 0 heterocycles. The maximum atomic E-state index is 12.8. The molecule has 0 radical (unpaired) electrons. The van der Waals surface area contributed by atoms with Crippen molar-refractivity contribution in [3.63, 3.8) is 0 Å². The molecule has 174 valence electrons. The van der Waals surface area contributed by atoms with Crippen molar-refractivity contribution >= 4 is 0 Å². The quantitative estimate of drug-likeness (QED) is 0.351. The lowest BCUT2D eigenvalue weighted by Gasteiger charge is -2.21. The van der Waals surface area contributed by atoms with Crippen molar-refractivity contribution in [1.29, 1.82) is 0 Å². The Bertz CT molecular complexity index is 1100. The Morgan fingerprint density at radius 2 is 1.09 bits per heavy atom. The molecule has 0 N–H and O–H groups in total. The Hall–Kier alpha value is -3.34. The number of halogens is 2. The summed E-state index contributed by atoms with van der Waals surface area (Å²) in [5.41, 5.74) is 2.70. The van der Waals surface area contributed by atoms with Crippen LogP contribution >= 0.6 is 0 Å². The lowest BCUT2D eigenvalue weighted by molar-refractivity contribution is 0.130. The van der Waals surface area contributed by atoms with Gasteiger partial charge in [-0.25, -0.2) is 0 Å². The predicted molar refractivity (Wildman–Crippen MR) is 129 cm³/mol. The smallest absolute Gasteiger partial charge is 0.305 e. The zero-order chi connectivity index (χ0) is 24.2. The summed E-state index contributed by atoms with van der Waals surface area (Å²) in [4.78, 5) is 0. The van der Waals surface area contributed by atoms with E-state index in [2.05, 4.69) is 0 Å². The number of hydrogen-bond donors (Lipinski definition) is 0. The standard InChI is InChI=1S/C28H30F2O3/c1-27(2,3)32-22-12-7-19(8-13-22)21-11-16-24(25(17-21)31-18-26(29)30)20-9-14-23(15-10-20)33-28(4,5)6/h7-18H,1-6H3. The third-order valence-electron chi connectivity index (χ3n) is 4.46. The van der Waals surface area contributed by atoms with Gasteiger partial charge in [0.2, 0.25) is 0 Å². The molecule has 3 nitrogen and oxygen atoms in total. The monoisotopic (exact) mass is 452 g/mol. The molecule has 0 fully saturated rings. The first kappa shape index (κ1) is 24.3. The first-order valence-corrected chi connectivity index (χ1v) is 10.8. The van der Waals surface area contributed by atoms with E-state index < -0.39 is 6.08 Å². The van der Waals surface area contributed by atoms with E-state index in [1.807, 2.05) is 102 Å². The summed E-state index contributed by atoms with van der Waals surface area (Å²) < 4.78 is 42.6. The van der Waals surface area contributed by atoms with Crippen molar-refractivity contribution < 1.29 is 23.0 Å². The van der Waals surface area contributed by atoms with Crippen LogP contribution in [-0.4, -0.2) is 11.2 Å². The van der Waals surface area contributed by atoms with E-state index in [0.717, 1.165) is 28.2 Å². The topological polar surface area (TPSA) is 27.7 Å². The summed E-state index contributed by atoms with van der Waals surface area (Å²) in [6, 6.07) is 20.7. The highest BCUT2D eigenvalue weighted by Crippen LogP contribution is 2.36. The average molecular weight is 453 g/mol. The van der Waals surface area contributed by atoms with Gasteiger partial charge in [-0.2, -0.15) is 8.78 Å². The molecule has 0 spiro atoms. The summed E-state index contributed by atoms with van der Waals surface area (Å²) >= 11 is 0. The van der Waals surface area contributed by atoms with Gasteiger partial charge in [0.1, 0.15) is 28.5 Å². The van der Waals surface area contributed by atoms with Crippen LogP contribution in [0.3, 0.4) is 0 Å². The minimum Gasteiger partial charge on any atom is -0.488 e. The largest absolute Gasteiger partial charge is 0.488 e. The van der Waals surface area contributed by atoms with E-state index in [1.54, 1.807) is 6.07 Å². The lowest BCUT2D eigenvalue weighted by atomic mass is 9.99. The first-order valence-electron chi connectivity index (χ1n) is 10.8. The van der Waals surface area contributed by atoms with Crippen LogP contribution in [0.2, 0.25) is 0 Å². The van der Waals surface area contributed by atoms with Gasteiger partial charge in [0.05, 0.1) is 0 Å². The molecule has 3 rings (SSSR count). The fourth-order valence-electron chi connectivity index (χ4n) is 3.27. The van der Waals surface area contributed by atoms with Crippen LogP contribution in [0.15, 0.2) is 79.1 Å². The van der Waals surface area contributed by atoms with Crippen LogP contribution in [0.5, 0.6) is 17.2 Å². The third kappa shape index (κ3) is 7.35. The Morgan fingerprint density at radius 1 is 0.636 bits per heavy atom. The molecule has 0 aliphatic carbocycles. The fraction of sp³-hybridized carbons (Fsp3) is 0.286. The van der Waals surface area contributed by atoms with E-state index in [4.69, 9.17) is 14.2 Å². The molecule has 0 atom stereocenters. The van der Waals surface area contributed by atoms with Crippen LogP contribution in [0.1, 0.15) is 41.5 Å². The molecular weight excluding hydrogens is 422 g/mol. The molecule has 3 aromatic rings. The minimum absolute atomic E-state index is 0.291. The molecule has 0 saturated heterocycles. The predicted octanol–water partition coefficient (Wildman–Crippen LogP) is 8.49. The van der Waals surface area contributed by atoms with Gasteiger partial charge < -0.3 is 14.2 Å². The summed E-state index contributed by atoms with van der Waals surface area (Å²) in [7, 11) is 0. The normalized spacial score (nSPS) is 11.6. The van der Waals surface area contributed by atoms with Crippen LogP contribution in [-0.2, 0) is 0 Å². The Morgan fingerprint density at radius 3 is 1.55 bits per heavy atom. The molecule has 0 saturated carbocycles. The Labute approximate surface area is 194 Å². The minimum atomic E-state index is -1.90. The van der Waals surface area contributed by atoms with Crippen LogP contribution < -0.4 is 14.2 Å². The van der Waals surface area contributed by atoms with Crippen molar-refractivity contribution in [3.8, 4) is 39.5 Å². The molecular formula is C28H30F2O3. The van der Waals surface area contributed by atoms with Crippen molar-refractivity contribution in [2.45, 2.75) is 52.7 Å². The molecule has 0 aliphatic heterocycles. The van der Waals surface area contributed by atoms with Gasteiger partial charge in [0, 0.05) is 5.56 Å². The Balaban J connectivity index is 1.93. The van der Waals surface area contributed by atoms with Crippen LogP contribution in [0.25, 0.3) is 22.3 Å². The average Bonchev–Trinajstić information content (AvgIpc) is 2.71. The van der Waals surface area contributed by atoms with Gasteiger partial charge in [0.15, 0.2) is 6.26 Å². The van der Waals surface area contributed by atoms with Gasteiger partial charge in [-0.05, 0) is 88.6 Å². The molecule has 3 aromatic carbocycles.